The largest absolute Gasteiger partial charge is 0.504 e. The highest BCUT2D eigenvalue weighted by atomic mass is 16.6. The molecule has 0 spiro atoms. The normalized spacial score (nSPS) is 14.6. The van der Waals surface area contributed by atoms with Crippen molar-refractivity contribution >= 4 is 6.21 Å². The van der Waals surface area contributed by atoms with E-state index >= 15 is 0 Å². The van der Waals surface area contributed by atoms with Gasteiger partial charge in [-0.2, -0.15) is 0 Å². The van der Waals surface area contributed by atoms with Gasteiger partial charge in [0.25, 0.3) is 0 Å². The third-order valence-electron chi connectivity index (χ3n) is 3.82. The predicted octanol–water partition coefficient (Wildman–Crippen LogP) is 3.74. The quantitative estimate of drug-likeness (QED) is 0.850. The highest BCUT2D eigenvalue weighted by molar-refractivity contribution is 5.85. The molecule has 1 atom stereocenters. The summed E-state index contributed by atoms with van der Waals surface area (Å²) in [5, 5.41) is 10.2. The maximum Gasteiger partial charge on any atom is 0.166 e. The van der Waals surface area contributed by atoms with Crippen LogP contribution in [0.5, 0.6) is 23.0 Å². The van der Waals surface area contributed by atoms with Gasteiger partial charge < -0.3 is 19.3 Å². The standard InChI is InChI=1S/C19H21NO4/c1-3-22-17-6-4-5-15(19(17)21)12-20-13(2)14-7-8-16-18(11-14)24-10-9-23-16/h4-8,11-13,21H,3,9-10H2,1-2H3/t13-/m0/s1. The van der Waals surface area contributed by atoms with Crippen LogP contribution >= 0.6 is 0 Å². The fraction of sp³-hybridized carbons (Fsp3) is 0.316. The molecule has 0 saturated heterocycles. The van der Waals surface area contributed by atoms with Crippen molar-refractivity contribution in [2.24, 2.45) is 4.99 Å². The summed E-state index contributed by atoms with van der Waals surface area (Å²) in [6.45, 7) is 5.51. The Bertz CT molecular complexity index is 742. The lowest BCUT2D eigenvalue weighted by atomic mass is 10.1. The van der Waals surface area contributed by atoms with Crippen LogP contribution in [0.3, 0.4) is 0 Å². The smallest absolute Gasteiger partial charge is 0.166 e. The minimum Gasteiger partial charge on any atom is -0.504 e. The number of phenols is 1. The minimum atomic E-state index is -0.0732. The van der Waals surface area contributed by atoms with Gasteiger partial charge in [0.1, 0.15) is 13.2 Å². The van der Waals surface area contributed by atoms with Gasteiger partial charge in [-0.25, -0.2) is 0 Å². The zero-order valence-corrected chi connectivity index (χ0v) is 13.9. The Labute approximate surface area is 141 Å². The highest BCUT2D eigenvalue weighted by Crippen LogP contribution is 2.34. The van der Waals surface area contributed by atoms with Gasteiger partial charge >= 0.3 is 0 Å². The lowest BCUT2D eigenvalue weighted by molar-refractivity contribution is 0.171. The number of hydrogen-bond donors (Lipinski definition) is 1. The number of phenolic OH excluding ortho intramolecular Hbond substituents is 1. The second-order valence-electron chi connectivity index (χ2n) is 5.48. The van der Waals surface area contributed by atoms with Crippen LogP contribution in [-0.2, 0) is 0 Å². The van der Waals surface area contributed by atoms with Crippen LogP contribution < -0.4 is 14.2 Å². The van der Waals surface area contributed by atoms with E-state index in [2.05, 4.69) is 4.99 Å². The first-order valence-corrected chi connectivity index (χ1v) is 8.06. The summed E-state index contributed by atoms with van der Waals surface area (Å²) in [5.74, 6) is 2.09. The summed E-state index contributed by atoms with van der Waals surface area (Å²) < 4.78 is 16.5. The van der Waals surface area contributed by atoms with Crippen LogP contribution in [0.15, 0.2) is 41.4 Å². The summed E-state index contributed by atoms with van der Waals surface area (Å²) in [6, 6.07) is 11.1. The molecule has 1 heterocycles. The summed E-state index contributed by atoms with van der Waals surface area (Å²) in [4.78, 5) is 4.54. The Morgan fingerprint density at radius 3 is 2.79 bits per heavy atom. The van der Waals surface area contributed by atoms with Crippen LogP contribution in [0.2, 0.25) is 0 Å². The van der Waals surface area contributed by atoms with Crippen LogP contribution in [0.1, 0.15) is 31.0 Å². The molecule has 0 saturated carbocycles. The van der Waals surface area contributed by atoms with Crippen LogP contribution in [0, 0.1) is 0 Å². The zero-order valence-electron chi connectivity index (χ0n) is 13.9. The van der Waals surface area contributed by atoms with Crippen molar-refractivity contribution < 1.29 is 19.3 Å². The Morgan fingerprint density at radius 1 is 1.21 bits per heavy atom. The maximum absolute atomic E-state index is 10.2. The van der Waals surface area contributed by atoms with Crippen molar-refractivity contribution in [2.45, 2.75) is 19.9 Å². The Balaban J connectivity index is 1.78. The fourth-order valence-electron chi connectivity index (χ4n) is 2.51. The van der Waals surface area contributed by atoms with Crippen molar-refractivity contribution in [3.63, 3.8) is 0 Å². The van der Waals surface area contributed by atoms with E-state index < -0.39 is 0 Å². The fourth-order valence-corrected chi connectivity index (χ4v) is 2.51. The molecule has 5 nitrogen and oxygen atoms in total. The molecule has 2 aromatic carbocycles. The van der Waals surface area contributed by atoms with Gasteiger partial charge in [0.05, 0.1) is 12.6 Å². The molecule has 0 bridgehead atoms. The van der Waals surface area contributed by atoms with Gasteiger partial charge in [0.2, 0.25) is 0 Å². The monoisotopic (exact) mass is 327 g/mol. The lowest BCUT2D eigenvalue weighted by Crippen LogP contribution is -2.15. The summed E-state index contributed by atoms with van der Waals surface area (Å²) in [6.07, 6.45) is 1.67. The number of fused-ring (bicyclic) bond motifs is 1. The van der Waals surface area contributed by atoms with E-state index in [0.717, 1.165) is 17.1 Å². The summed E-state index contributed by atoms with van der Waals surface area (Å²) >= 11 is 0. The van der Waals surface area contributed by atoms with E-state index in [9.17, 15) is 5.11 Å². The van der Waals surface area contributed by atoms with Crippen molar-refractivity contribution in [1.29, 1.82) is 0 Å². The average Bonchev–Trinajstić information content (AvgIpc) is 2.62. The topological polar surface area (TPSA) is 60.3 Å². The Hall–Kier alpha value is -2.69. The van der Waals surface area contributed by atoms with Crippen molar-refractivity contribution in [3.05, 3.63) is 47.5 Å². The Kier molecular flexibility index (Phi) is 4.89. The number of ether oxygens (including phenoxy) is 3. The number of aliphatic imine (C=N–C) groups is 1. The van der Waals surface area contributed by atoms with E-state index in [1.54, 1.807) is 18.3 Å². The molecule has 0 unspecified atom stereocenters. The minimum absolute atomic E-state index is 0.0732. The zero-order chi connectivity index (χ0) is 16.9. The number of para-hydroxylation sites is 1. The molecule has 0 radical (unpaired) electrons. The molecule has 0 amide bonds. The first-order chi connectivity index (χ1) is 11.7. The number of benzene rings is 2. The molecular weight excluding hydrogens is 306 g/mol. The molecule has 5 heteroatoms. The summed E-state index contributed by atoms with van der Waals surface area (Å²) in [7, 11) is 0. The number of aromatic hydroxyl groups is 1. The molecule has 0 aromatic heterocycles. The SMILES string of the molecule is CCOc1cccc(C=N[C@@H](C)c2ccc3c(c2)OCCO3)c1O. The first kappa shape index (κ1) is 16.2. The van der Waals surface area contributed by atoms with E-state index in [1.807, 2.05) is 38.1 Å². The molecule has 1 aliphatic rings. The predicted molar refractivity (Wildman–Crippen MR) is 92.7 cm³/mol. The molecule has 3 rings (SSSR count). The molecule has 126 valence electrons. The second kappa shape index (κ2) is 7.25. The van der Waals surface area contributed by atoms with Gasteiger partial charge in [-0.15, -0.1) is 0 Å². The van der Waals surface area contributed by atoms with Gasteiger partial charge in [-0.05, 0) is 43.7 Å². The lowest BCUT2D eigenvalue weighted by Gasteiger charge is -2.19. The van der Waals surface area contributed by atoms with Crippen LogP contribution in [-0.4, -0.2) is 31.1 Å². The van der Waals surface area contributed by atoms with E-state index in [-0.39, 0.29) is 11.8 Å². The van der Waals surface area contributed by atoms with Gasteiger partial charge in [-0.1, -0.05) is 12.1 Å². The molecule has 1 aliphatic heterocycles. The molecular formula is C19H21NO4. The van der Waals surface area contributed by atoms with Gasteiger partial charge in [0.15, 0.2) is 23.0 Å². The highest BCUT2D eigenvalue weighted by Gasteiger charge is 2.14. The van der Waals surface area contributed by atoms with E-state index in [1.165, 1.54) is 0 Å². The van der Waals surface area contributed by atoms with Crippen molar-refractivity contribution in [2.75, 3.05) is 19.8 Å². The Morgan fingerprint density at radius 2 is 2.00 bits per heavy atom. The molecule has 24 heavy (non-hydrogen) atoms. The number of nitrogens with zero attached hydrogens (tertiary/aromatic N) is 1. The van der Waals surface area contributed by atoms with Crippen molar-refractivity contribution in [3.8, 4) is 23.0 Å². The average molecular weight is 327 g/mol. The van der Waals surface area contributed by atoms with Gasteiger partial charge in [-0.3, -0.25) is 4.99 Å². The third kappa shape index (κ3) is 3.45. The summed E-state index contributed by atoms with van der Waals surface area (Å²) in [5.41, 5.74) is 1.65. The van der Waals surface area contributed by atoms with Crippen LogP contribution in [0.25, 0.3) is 0 Å². The van der Waals surface area contributed by atoms with Gasteiger partial charge in [0, 0.05) is 11.8 Å². The second-order valence-corrected chi connectivity index (χ2v) is 5.48. The van der Waals surface area contributed by atoms with Crippen molar-refractivity contribution in [1.82, 2.24) is 0 Å². The van der Waals surface area contributed by atoms with Crippen LogP contribution in [0.4, 0.5) is 0 Å². The molecule has 2 aromatic rings. The molecule has 0 fully saturated rings. The maximum atomic E-state index is 10.2. The first-order valence-electron chi connectivity index (χ1n) is 8.06. The van der Waals surface area contributed by atoms with E-state index in [4.69, 9.17) is 14.2 Å². The number of hydrogen-bond acceptors (Lipinski definition) is 5. The molecule has 1 N–H and O–H groups in total. The molecule has 0 aliphatic carbocycles. The number of rotatable bonds is 5. The third-order valence-corrected chi connectivity index (χ3v) is 3.82. The van der Waals surface area contributed by atoms with E-state index in [0.29, 0.717) is 31.1 Å².